The van der Waals surface area contributed by atoms with Gasteiger partial charge >= 0.3 is 0 Å². The van der Waals surface area contributed by atoms with Crippen molar-refractivity contribution in [3.05, 3.63) is 0 Å². The molecule has 0 spiro atoms. The summed E-state index contributed by atoms with van der Waals surface area (Å²) in [4.78, 5) is 10.2. The van der Waals surface area contributed by atoms with Gasteiger partial charge in [-0.3, -0.25) is 0 Å². The van der Waals surface area contributed by atoms with Crippen LogP contribution in [0, 0.1) is 5.92 Å². The minimum Gasteiger partial charge on any atom is -0.303 e. The van der Waals surface area contributed by atoms with E-state index in [0.29, 0.717) is 25.7 Å². The molecule has 0 aromatic rings. The standard InChI is InChI=1S/C7H12FOP/c8-7(10)3-1-6(5-9)2-4-7/h5-6H,1-4,10H2. The van der Waals surface area contributed by atoms with E-state index >= 15 is 0 Å². The quantitative estimate of drug-likeness (QED) is 0.425. The minimum absolute atomic E-state index is 0.115. The zero-order chi connectivity index (χ0) is 7.61. The largest absolute Gasteiger partial charge is 0.303 e. The molecule has 0 aromatic heterocycles. The molecule has 1 rings (SSSR count). The van der Waals surface area contributed by atoms with E-state index in [4.69, 9.17) is 0 Å². The monoisotopic (exact) mass is 162 g/mol. The maximum absolute atomic E-state index is 13.0. The number of alkyl halides is 1. The van der Waals surface area contributed by atoms with Crippen LogP contribution in [0.2, 0.25) is 0 Å². The van der Waals surface area contributed by atoms with Gasteiger partial charge in [0.1, 0.15) is 11.7 Å². The SMILES string of the molecule is O=CC1CCC(F)(P)CC1. The van der Waals surface area contributed by atoms with Crippen LogP contribution < -0.4 is 0 Å². The zero-order valence-corrected chi connectivity index (χ0v) is 7.00. The molecule has 3 heteroatoms. The van der Waals surface area contributed by atoms with Crippen molar-refractivity contribution in [2.75, 3.05) is 0 Å². The lowest BCUT2D eigenvalue weighted by Gasteiger charge is -2.27. The van der Waals surface area contributed by atoms with Crippen molar-refractivity contribution in [3.8, 4) is 0 Å². The van der Waals surface area contributed by atoms with Gasteiger partial charge in [0.05, 0.1) is 0 Å². The van der Waals surface area contributed by atoms with Crippen LogP contribution in [0.4, 0.5) is 4.39 Å². The van der Waals surface area contributed by atoms with Crippen molar-refractivity contribution >= 4 is 15.5 Å². The van der Waals surface area contributed by atoms with Crippen LogP contribution >= 0.6 is 9.24 Å². The van der Waals surface area contributed by atoms with Gasteiger partial charge in [-0.15, -0.1) is 0 Å². The summed E-state index contributed by atoms with van der Waals surface area (Å²) in [7, 11) is 2.22. The summed E-state index contributed by atoms with van der Waals surface area (Å²) >= 11 is 0. The van der Waals surface area contributed by atoms with Gasteiger partial charge < -0.3 is 4.79 Å². The van der Waals surface area contributed by atoms with Crippen LogP contribution in [0.15, 0.2) is 0 Å². The summed E-state index contributed by atoms with van der Waals surface area (Å²) in [5.41, 5.74) is 0. The average Bonchev–Trinajstić information content (AvgIpc) is 1.88. The fraction of sp³-hybridized carbons (Fsp3) is 0.857. The van der Waals surface area contributed by atoms with Gasteiger partial charge in [0.2, 0.25) is 0 Å². The second-order valence-corrected chi connectivity index (χ2v) is 4.04. The lowest BCUT2D eigenvalue weighted by molar-refractivity contribution is -0.112. The molecule has 1 nitrogen and oxygen atoms in total. The molecule has 1 saturated carbocycles. The fourth-order valence-electron chi connectivity index (χ4n) is 1.26. The van der Waals surface area contributed by atoms with E-state index in [0.717, 1.165) is 6.29 Å². The van der Waals surface area contributed by atoms with E-state index < -0.39 is 5.41 Å². The zero-order valence-electron chi connectivity index (χ0n) is 5.85. The van der Waals surface area contributed by atoms with Crippen molar-refractivity contribution < 1.29 is 9.18 Å². The fourth-order valence-corrected chi connectivity index (χ4v) is 1.59. The molecule has 1 atom stereocenters. The number of carbonyl (C=O) groups is 1. The third-order valence-electron chi connectivity index (χ3n) is 2.05. The molecule has 0 bridgehead atoms. The van der Waals surface area contributed by atoms with E-state index in [1.165, 1.54) is 0 Å². The van der Waals surface area contributed by atoms with E-state index in [2.05, 4.69) is 9.24 Å². The summed E-state index contributed by atoms with van der Waals surface area (Å²) in [6.07, 6.45) is 3.40. The van der Waals surface area contributed by atoms with E-state index in [1.807, 2.05) is 0 Å². The van der Waals surface area contributed by atoms with Gasteiger partial charge in [-0.25, -0.2) is 4.39 Å². The summed E-state index contributed by atoms with van der Waals surface area (Å²) in [5.74, 6) is 0.115. The first-order chi connectivity index (χ1) is 4.64. The molecule has 0 aliphatic heterocycles. The first-order valence-electron chi connectivity index (χ1n) is 3.57. The van der Waals surface area contributed by atoms with E-state index in [-0.39, 0.29) is 5.92 Å². The molecule has 0 N–H and O–H groups in total. The summed E-state index contributed by atoms with van der Waals surface area (Å²) in [5, 5.41) is -1.08. The van der Waals surface area contributed by atoms with Gasteiger partial charge in [0.25, 0.3) is 0 Å². The Morgan fingerprint density at radius 3 is 2.40 bits per heavy atom. The molecule has 0 saturated heterocycles. The van der Waals surface area contributed by atoms with Crippen molar-refractivity contribution in [1.29, 1.82) is 0 Å². The number of aldehydes is 1. The van der Waals surface area contributed by atoms with Gasteiger partial charge in [-0.2, -0.15) is 0 Å². The first kappa shape index (κ1) is 8.13. The second-order valence-electron chi connectivity index (χ2n) is 3.01. The third-order valence-corrected chi connectivity index (χ3v) is 2.63. The van der Waals surface area contributed by atoms with E-state index in [1.54, 1.807) is 0 Å². The van der Waals surface area contributed by atoms with Crippen molar-refractivity contribution in [3.63, 3.8) is 0 Å². The molecule has 0 aromatic carbocycles. The Bertz CT molecular complexity index is 126. The van der Waals surface area contributed by atoms with Crippen LogP contribution in [0.25, 0.3) is 0 Å². The normalized spacial score (nSPS) is 41.2. The highest BCUT2D eigenvalue weighted by Crippen LogP contribution is 2.38. The topological polar surface area (TPSA) is 17.1 Å². The predicted molar refractivity (Wildman–Crippen MR) is 41.6 cm³/mol. The Kier molecular flexibility index (Phi) is 2.40. The van der Waals surface area contributed by atoms with Crippen LogP contribution in [0.1, 0.15) is 25.7 Å². The number of halogens is 1. The van der Waals surface area contributed by atoms with Gasteiger partial charge in [-0.05, 0) is 25.7 Å². The van der Waals surface area contributed by atoms with Crippen LogP contribution in [-0.4, -0.2) is 11.7 Å². The number of rotatable bonds is 1. The lowest BCUT2D eigenvalue weighted by Crippen LogP contribution is -2.23. The number of hydrogen-bond donors (Lipinski definition) is 0. The Labute approximate surface area is 62.6 Å². The first-order valence-corrected chi connectivity index (χ1v) is 4.15. The molecule has 0 amide bonds. The molecule has 1 unspecified atom stereocenters. The molecule has 1 fully saturated rings. The molecule has 0 heterocycles. The molecule has 10 heavy (non-hydrogen) atoms. The Hall–Kier alpha value is 0.0300. The maximum Gasteiger partial charge on any atom is 0.123 e. The molecular formula is C7H12FOP. The third kappa shape index (κ3) is 2.02. The molecule has 1 aliphatic carbocycles. The van der Waals surface area contributed by atoms with Gasteiger partial charge in [0.15, 0.2) is 0 Å². The molecule has 0 radical (unpaired) electrons. The predicted octanol–water partition coefficient (Wildman–Crippen LogP) is 1.92. The highest BCUT2D eigenvalue weighted by atomic mass is 31.0. The van der Waals surface area contributed by atoms with Crippen molar-refractivity contribution in [1.82, 2.24) is 0 Å². The van der Waals surface area contributed by atoms with Crippen molar-refractivity contribution in [2.24, 2.45) is 5.92 Å². The second kappa shape index (κ2) is 2.96. The Balaban J connectivity index is 2.38. The minimum atomic E-state index is -1.08. The number of carbonyl (C=O) groups excluding carboxylic acids is 1. The summed E-state index contributed by atoms with van der Waals surface area (Å²) in [6.45, 7) is 0. The van der Waals surface area contributed by atoms with Crippen LogP contribution in [-0.2, 0) is 4.79 Å². The van der Waals surface area contributed by atoms with Crippen LogP contribution in [0.5, 0.6) is 0 Å². The smallest absolute Gasteiger partial charge is 0.123 e. The average molecular weight is 162 g/mol. The van der Waals surface area contributed by atoms with Crippen LogP contribution in [0.3, 0.4) is 0 Å². The van der Waals surface area contributed by atoms with Gasteiger partial charge in [-0.1, -0.05) is 9.24 Å². The van der Waals surface area contributed by atoms with E-state index in [9.17, 15) is 9.18 Å². The van der Waals surface area contributed by atoms with Crippen molar-refractivity contribution in [2.45, 2.75) is 31.1 Å². The Morgan fingerprint density at radius 2 is 2.00 bits per heavy atom. The summed E-state index contributed by atoms with van der Waals surface area (Å²) in [6, 6.07) is 0. The summed E-state index contributed by atoms with van der Waals surface area (Å²) < 4.78 is 13.0. The highest BCUT2D eigenvalue weighted by molar-refractivity contribution is 7.18. The Morgan fingerprint density at radius 1 is 1.50 bits per heavy atom. The van der Waals surface area contributed by atoms with Gasteiger partial charge in [0, 0.05) is 5.92 Å². The number of hydrogen-bond acceptors (Lipinski definition) is 1. The lowest BCUT2D eigenvalue weighted by atomic mass is 9.89. The molecular weight excluding hydrogens is 150 g/mol. The highest BCUT2D eigenvalue weighted by Gasteiger charge is 2.30. The molecule has 58 valence electrons. The maximum atomic E-state index is 13.0. The molecule has 1 aliphatic rings.